The van der Waals surface area contributed by atoms with E-state index in [4.69, 9.17) is 14.8 Å². The first-order valence-electron chi connectivity index (χ1n) is 22.0. The summed E-state index contributed by atoms with van der Waals surface area (Å²) in [7, 11) is -4.37. The molecule has 314 valence electrons. The van der Waals surface area contributed by atoms with Crippen LogP contribution < -0.4 is 11.1 Å². The molecule has 9 nitrogen and oxygen atoms in total. The molecule has 0 bridgehead atoms. The van der Waals surface area contributed by atoms with E-state index in [1.54, 1.807) is 0 Å². The van der Waals surface area contributed by atoms with Gasteiger partial charge in [0, 0.05) is 6.54 Å². The van der Waals surface area contributed by atoms with E-state index >= 15 is 0 Å². The molecule has 0 radical (unpaired) electrons. The van der Waals surface area contributed by atoms with Gasteiger partial charge < -0.3 is 26.2 Å². The van der Waals surface area contributed by atoms with E-state index in [1.807, 2.05) is 0 Å². The summed E-state index contributed by atoms with van der Waals surface area (Å²) >= 11 is 0. The maximum atomic E-state index is 12.8. The summed E-state index contributed by atoms with van der Waals surface area (Å²) in [4.78, 5) is 22.7. The van der Waals surface area contributed by atoms with Crippen LogP contribution in [0.2, 0.25) is 0 Å². The van der Waals surface area contributed by atoms with E-state index in [9.17, 15) is 24.5 Å². The van der Waals surface area contributed by atoms with E-state index in [1.165, 1.54) is 109 Å². The van der Waals surface area contributed by atoms with Crippen LogP contribution in [0.4, 0.5) is 0 Å². The molecule has 0 heterocycles. The van der Waals surface area contributed by atoms with Gasteiger partial charge in [0.1, 0.15) is 0 Å². The fourth-order valence-corrected chi connectivity index (χ4v) is 7.26. The fraction of sp³-hybridized carbons (Fsp3) is 0.884. The third-order valence-electron chi connectivity index (χ3n) is 9.86. The summed E-state index contributed by atoms with van der Waals surface area (Å²) in [5, 5.41) is 24.1. The first kappa shape index (κ1) is 51.9. The van der Waals surface area contributed by atoms with Crippen LogP contribution in [0, 0.1) is 0 Å². The van der Waals surface area contributed by atoms with Crippen molar-refractivity contribution in [3.63, 3.8) is 0 Å². The molecule has 4 unspecified atom stereocenters. The Labute approximate surface area is 326 Å². The lowest BCUT2D eigenvalue weighted by Crippen LogP contribution is -2.47. The number of phosphoric acid groups is 1. The van der Waals surface area contributed by atoms with Crippen molar-refractivity contribution < 1.29 is 33.5 Å². The van der Waals surface area contributed by atoms with Crippen LogP contribution in [0.3, 0.4) is 0 Å². The molecule has 0 aromatic heterocycles. The van der Waals surface area contributed by atoms with Crippen molar-refractivity contribution in [3.05, 3.63) is 24.3 Å². The van der Waals surface area contributed by atoms with Crippen molar-refractivity contribution in [2.75, 3.05) is 19.8 Å². The van der Waals surface area contributed by atoms with Crippen LogP contribution in [0.15, 0.2) is 24.3 Å². The number of hydrogen-bond acceptors (Lipinski definition) is 7. The highest BCUT2D eigenvalue weighted by Gasteiger charge is 2.28. The predicted octanol–water partition coefficient (Wildman–Crippen LogP) is 11.1. The number of amides is 1. The minimum atomic E-state index is -4.37. The summed E-state index contributed by atoms with van der Waals surface area (Å²) in [5.41, 5.74) is 5.36. The smallest absolute Gasteiger partial charge is 0.393 e. The zero-order chi connectivity index (χ0) is 39.1. The number of nitrogens with two attached hydrogens (primary N) is 1. The fourth-order valence-electron chi connectivity index (χ4n) is 6.50. The monoisotopic (exact) mass is 773 g/mol. The molecule has 0 fully saturated rings. The average molecular weight is 773 g/mol. The number of unbranched alkanes of at least 4 members (excludes halogenated alkanes) is 23. The third-order valence-corrected chi connectivity index (χ3v) is 10.8. The van der Waals surface area contributed by atoms with Crippen LogP contribution >= 0.6 is 7.82 Å². The highest BCUT2D eigenvalue weighted by Crippen LogP contribution is 2.43. The number of hydrogen-bond donors (Lipinski definition) is 5. The van der Waals surface area contributed by atoms with Crippen molar-refractivity contribution >= 4 is 13.7 Å². The van der Waals surface area contributed by atoms with Gasteiger partial charge in [0.25, 0.3) is 0 Å². The quantitative estimate of drug-likeness (QED) is 0.0234. The number of nitrogens with one attached hydrogen (secondary N) is 1. The molecule has 0 saturated carbocycles. The van der Waals surface area contributed by atoms with Crippen molar-refractivity contribution in [1.29, 1.82) is 0 Å². The van der Waals surface area contributed by atoms with E-state index in [2.05, 4.69) is 43.5 Å². The van der Waals surface area contributed by atoms with Gasteiger partial charge in [-0.2, -0.15) is 0 Å². The highest BCUT2D eigenvalue weighted by molar-refractivity contribution is 7.47. The van der Waals surface area contributed by atoms with Crippen LogP contribution in [0.25, 0.3) is 0 Å². The Balaban J connectivity index is 4.18. The van der Waals surface area contributed by atoms with Crippen molar-refractivity contribution in [3.8, 4) is 0 Å². The van der Waals surface area contributed by atoms with Crippen LogP contribution in [0.1, 0.15) is 206 Å². The molecule has 53 heavy (non-hydrogen) atoms. The van der Waals surface area contributed by atoms with Gasteiger partial charge >= 0.3 is 7.82 Å². The van der Waals surface area contributed by atoms with Gasteiger partial charge in [-0.15, -0.1) is 0 Å². The number of carbonyl (C=O) groups is 1. The molecule has 6 N–H and O–H groups in total. The summed E-state index contributed by atoms with van der Waals surface area (Å²) in [6.45, 7) is 4.02. The van der Waals surface area contributed by atoms with Gasteiger partial charge in [-0.3, -0.25) is 13.8 Å². The minimum absolute atomic E-state index is 0.0578. The number of carbonyl (C=O) groups excluding carboxylic acids is 1. The Hall–Kier alpha value is -1.06. The summed E-state index contributed by atoms with van der Waals surface area (Å²) in [6, 6.07) is -0.898. The Morgan fingerprint density at radius 1 is 0.642 bits per heavy atom. The number of allylic oxidation sites excluding steroid dienone is 4. The van der Waals surface area contributed by atoms with Gasteiger partial charge in [0.05, 0.1) is 37.9 Å². The van der Waals surface area contributed by atoms with Crippen molar-refractivity contribution in [2.45, 2.75) is 225 Å². The van der Waals surface area contributed by atoms with Crippen LogP contribution in [-0.4, -0.2) is 59.0 Å². The largest absolute Gasteiger partial charge is 0.472 e. The number of aliphatic hydroxyl groups excluding tert-OH is 2. The molecule has 10 heteroatoms. The van der Waals surface area contributed by atoms with Crippen molar-refractivity contribution in [2.24, 2.45) is 5.73 Å². The molecule has 0 aliphatic heterocycles. The van der Waals surface area contributed by atoms with E-state index in [0.29, 0.717) is 12.8 Å². The van der Waals surface area contributed by atoms with Crippen LogP contribution in [-0.2, 0) is 18.4 Å². The summed E-state index contributed by atoms with van der Waals surface area (Å²) in [5.74, 6) is -0.422. The van der Waals surface area contributed by atoms with E-state index in [0.717, 1.165) is 64.2 Å². The molecule has 0 spiro atoms. The molecule has 0 rings (SSSR count). The second-order valence-corrected chi connectivity index (χ2v) is 16.6. The minimum Gasteiger partial charge on any atom is -0.393 e. The maximum Gasteiger partial charge on any atom is 0.472 e. The molecule has 0 aromatic rings. The van der Waals surface area contributed by atoms with E-state index < -0.39 is 32.0 Å². The third kappa shape index (κ3) is 37.6. The highest BCUT2D eigenvalue weighted by atomic mass is 31.2. The second kappa shape index (κ2) is 39.2. The van der Waals surface area contributed by atoms with Gasteiger partial charge in [0.2, 0.25) is 5.91 Å². The number of rotatable bonds is 41. The SMILES string of the molecule is CCCCCCCCCCC/C=C\C/C=C\CCCCCCCC(O)CC(=O)NC(COP(=O)(O)OCCN)C(O)CCCCCCCCCCCC. The van der Waals surface area contributed by atoms with Crippen LogP contribution in [0.5, 0.6) is 0 Å². The topological polar surface area (TPSA) is 151 Å². The van der Waals surface area contributed by atoms with E-state index in [-0.39, 0.29) is 26.2 Å². The Morgan fingerprint density at radius 3 is 1.55 bits per heavy atom. The number of aliphatic hydroxyl groups is 2. The summed E-state index contributed by atoms with van der Waals surface area (Å²) < 4.78 is 22.1. The van der Waals surface area contributed by atoms with Gasteiger partial charge in [-0.1, -0.05) is 179 Å². The maximum absolute atomic E-state index is 12.8. The second-order valence-electron chi connectivity index (χ2n) is 15.1. The Morgan fingerprint density at radius 2 is 1.08 bits per heavy atom. The standard InChI is InChI=1S/C43H85N2O7P/c1-3-5-7-9-11-13-15-16-17-18-19-20-21-22-23-24-25-26-28-30-32-34-40(46)38-43(48)45-41(39-52-53(49,50)51-37-36-44)42(47)35-33-31-29-27-14-12-10-8-6-4-2/h19-20,22-23,40-42,46-47H,3-18,21,24-39,44H2,1-2H3,(H,45,48)(H,49,50)/b20-19-,23-22-. The predicted molar refractivity (Wildman–Crippen MR) is 223 cm³/mol. The molecule has 1 amide bonds. The Bertz CT molecular complexity index is 904. The first-order valence-corrected chi connectivity index (χ1v) is 23.5. The molecule has 0 saturated heterocycles. The molecular weight excluding hydrogens is 687 g/mol. The lowest BCUT2D eigenvalue weighted by Gasteiger charge is -2.25. The Kier molecular flexibility index (Phi) is 38.4. The van der Waals surface area contributed by atoms with Crippen molar-refractivity contribution in [1.82, 2.24) is 5.32 Å². The lowest BCUT2D eigenvalue weighted by atomic mass is 10.0. The molecule has 4 atom stereocenters. The lowest BCUT2D eigenvalue weighted by molar-refractivity contribution is -0.125. The zero-order valence-corrected chi connectivity index (χ0v) is 35.3. The molecule has 0 aliphatic carbocycles. The number of phosphoric ester groups is 1. The first-order chi connectivity index (χ1) is 25.8. The molecular formula is C43H85N2O7P. The summed E-state index contributed by atoms with van der Waals surface area (Å²) in [6.07, 6.45) is 40.9. The van der Waals surface area contributed by atoms with Gasteiger partial charge in [-0.05, 0) is 44.9 Å². The van der Waals surface area contributed by atoms with Gasteiger partial charge in [-0.25, -0.2) is 4.57 Å². The normalized spacial score (nSPS) is 14.9. The zero-order valence-electron chi connectivity index (χ0n) is 34.4. The van der Waals surface area contributed by atoms with Gasteiger partial charge in [0.15, 0.2) is 0 Å². The average Bonchev–Trinajstić information content (AvgIpc) is 3.13. The molecule has 0 aliphatic rings. The molecule has 0 aromatic carbocycles.